The van der Waals surface area contributed by atoms with E-state index < -0.39 is 10.8 Å². The van der Waals surface area contributed by atoms with Crippen molar-refractivity contribution in [2.45, 2.75) is 26.3 Å². The number of hydrazine groups is 1. The van der Waals surface area contributed by atoms with E-state index in [2.05, 4.69) is 0 Å². The van der Waals surface area contributed by atoms with Crippen LogP contribution in [0.25, 0.3) is 0 Å². The Labute approximate surface area is 170 Å². The molecule has 0 aliphatic carbocycles. The Morgan fingerprint density at radius 3 is 1.73 bits per heavy atom. The summed E-state index contributed by atoms with van der Waals surface area (Å²) in [6.45, 7) is 5.48. The van der Waals surface area contributed by atoms with Crippen LogP contribution in [0, 0.1) is 5.82 Å². The highest BCUT2D eigenvalue weighted by Crippen LogP contribution is 2.13. The predicted molar refractivity (Wildman–Crippen MR) is 108 cm³/mol. The molecule has 4 nitrogen and oxygen atoms in total. The molecule has 0 bridgehead atoms. The van der Waals surface area contributed by atoms with E-state index in [0.717, 1.165) is 5.01 Å². The quantitative estimate of drug-likeness (QED) is 0.325. The number of benzene rings is 2. The smallest absolute Gasteiger partial charge is 0.268 e. The van der Waals surface area contributed by atoms with Crippen molar-refractivity contribution in [2.75, 3.05) is 0 Å². The number of hydrogen-bond donors (Lipinski definition) is 1. The first-order chi connectivity index (χ1) is 11.1. The summed E-state index contributed by atoms with van der Waals surface area (Å²) < 4.78 is 12.6. The van der Waals surface area contributed by atoms with Crippen LogP contribution >= 0.6 is 36.4 Å². The average Bonchev–Trinajstić information content (AvgIpc) is 2.54. The molecule has 0 atom stereocenters. The topological polar surface area (TPSA) is 63.4 Å². The largest absolute Gasteiger partial charge is 0.276 e. The van der Waals surface area contributed by atoms with Crippen molar-refractivity contribution in [3.63, 3.8) is 0 Å². The molecule has 2 aromatic carbocycles. The lowest BCUT2D eigenvalue weighted by Gasteiger charge is -2.31. The number of carbonyl (C=O) groups excluding carboxylic acids is 2. The van der Waals surface area contributed by atoms with E-state index in [9.17, 15) is 14.0 Å². The van der Waals surface area contributed by atoms with Gasteiger partial charge in [-0.25, -0.2) is 10.2 Å². The van der Waals surface area contributed by atoms with E-state index in [1.54, 1.807) is 24.3 Å². The lowest BCUT2D eigenvalue weighted by molar-refractivity contribution is 0.0581. The summed E-state index contributed by atoms with van der Waals surface area (Å²) in [7, 11) is 0. The van der Waals surface area contributed by atoms with Crippen LogP contribution in [0.5, 0.6) is 0 Å². The summed E-state index contributed by atoms with van der Waals surface area (Å²) >= 11 is 5.16. The van der Waals surface area contributed by atoms with Crippen LogP contribution < -0.4 is 5.84 Å². The molecule has 2 aromatic rings. The first-order valence-corrected chi connectivity index (χ1v) is 7.60. The molecule has 0 radical (unpaired) electrons. The van der Waals surface area contributed by atoms with Gasteiger partial charge in [0.2, 0.25) is 0 Å². The van der Waals surface area contributed by atoms with E-state index in [-0.39, 0.29) is 36.5 Å². The third-order valence-corrected chi connectivity index (χ3v) is 3.25. The normalized spacial score (nSPS) is 9.62. The monoisotopic (exact) mass is 422 g/mol. The fourth-order valence-corrected chi connectivity index (χ4v) is 1.73. The van der Waals surface area contributed by atoms with Gasteiger partial charge in [-0.1, -0.05) is 30.3 Å². The van der Waals surface area contributed by atoms with E-state index in [1.807, 2.05) is 26.8 Å². The Hall–Kier alpha value is -1.66. The second-order valence-corrected chi connectivity index (χ2v) is 6.34. The molecule has 0 spiro atoms. The number of carbonyl (C=O) groups is 2. The zero-order chi connectivity index (χ0) is 18.3. The maximum atomic E-state index is 12.6. The summed E-state index contributed by atoms with van der Waals surface area (Å²) in [5, 5.41) is 0.732. The maximum absolute atomic E-state index is 12.6. The van der Waals surface area contributed by atoms with Crippen LogP contribution in [0.15, 0.2) is 54.6 Å². The van der Waals surface area contributed by atoms with Crippen molar-refractivity contribution in [1.82, 2.24) is 5.01 Å². The lowest BCUT2D eigenvalue weighted by atomic mass is 10.1. The molecular weight excluding hydrogens is 402 g/mol. The van der Waals surface area contributed by atoms with Gasteiger partial charge in [0.1, 0.15) is 5.82 Å². The molecule has 0 heterocycles. The van der Waals surface area contributed by atoms with Crippen molar-refractivity contribution in [1.29, 1.82) is 0 Å². The standard InChI is InChI=1S/C11H15FN2O.C7H5ClO.2ClH/c1-11(2,3)14(13)10(15)8-4-6-9(12)7-5-8;8-7(9)6-4-2-1-3-5-6;;/h4-7H,13H2,1-3H3;1-5H;2*1H. The molecule has 144 valence electrons. The summed E-state index contributed by atoms with van der Waals surface area (Å²) in [5.74, 6) is 4.97. The highest BCUT2D eigenvalue weighted by molar-refractivity contribution is 6.67. The van der Waals surface area contributed by atoms with E-state index in [0.29, 0.717) is 11.1 Å². The van der Waals surface area contributed by atoms with Crippen LogP contribution in [0.3, 0.4) is 0 Å². The number of hydrogen-bond acceptors (Lipinski definition) is 3. The van der Waals surface area contributed by atoms with Crippen molar-refractivity contribution in [2.24, 2.45) is 5.84 Å². The van der Waals surface area contributed by atoms with Gasteiger partial charge in [-0.05, 0) is 56.6 Å². The van der Waals surface area contributed by atoms with Crippen LogP contribution in [0.4, 0.5) is 4.39 Å². The van der Waals surface area contributed by atoms with Crippen molar-refractivity contribution in [3.8, 4) is 0 Å². The molecule has 2 N–H and O–H groups in total. The summed E-state index contributed by atoms with van der Waals surface area (Å²) in [5.41, 5.74) is 0.471. The molecule has 8 heteroatoms. The van der Waals surface area contributed by atoms with Crippen LogP contribution in [0.1, 0.15) is 41.5 Å². The fraction of sp³-hybridized carbons (Fsp3) is 0.222. The number of rotatable bonds is 2. The molecule has 1 amide bonds. The highest BCUT2D eigenvalue weighted by Gasteiger charge is 2.24. The molecule has 26 heavy (non-hydrogen) atoms. The average molecular weight is 424 g/mol. The Balaban J connectivity index is 0. The Bertz CT molecular complexity index is 690. The van der Waals surface area contributed by atoms with E-state index in [1.165, 1.54) is 24.3 Å². The first-order valence-electron chi connectivity index (χ1n) is 7.22. The Kier molecular flexibility index (Phi) is 12.1. The van der Waals surface area contributed by atoms with Gasteiger partial charge in [-0.3, -0.25) is 14.6 Å². The van der Waals surface area contributed by atoms with Gasteiger partial charge >= 0.3 is 0 Å². The third-order valence-electron chi connectivity index (χ3n) is 3.03. The van der Waals surface area contributed by atoms with Crippen LogP contribution in [0.2, 0.25) is 0 Å². The van der Waals surface area contributed by atoms with Gasteiger partial charge in [0.15, 0.2) is 0 Å². The van der Waals surface area contributed by atoms with Crippen molar-refractivity contribution < 1.29 is 14.0 Å². The maximum Gasteiger partial charge on any atom is 0.268 e. The zero-order valence-corrected chi connectivity index (χ0v) is 17.0. The van der Waals surface area contributed by atoms with Gasteiger partial charge in [-0.15, -0.1) is 24.8 Å². The van der Waals surface area contributed by atoms with Crippen molar-refractivity contribution >= 4 is 47.6 Å². The Morgan fingerprint density at radius 1 is 0.923 bits per heavy atom. The SMILES string of the molecule is CC(C)(C)N(N)C(=O)c1ccc(F)cc1.Cl.Cl.O=C(Cl)c1ccccc1. The summed E-state index contributed by atoms with van der Waals surface area (Å²) in [6, 6.07) is 14.1. The minimum atomic E-state index is -0.453. The van der Waals surface area contributed by atoms with Gasteiger partial charge < -0.3 is 0 Å². The second kappa shape index (κ2) is 11.9. The van der Waals surface area contributed by atoms with Crippen molar-refractivity contribution in [3.05, 3.63) is 71.5 Å². The molecule has 0 aliphatic heterocycles. The molecular formula is C18H22Cl3FN2O2. The molecule has 0 saturated heterocycles. The molecule has 0 saturated carbocycles. The van der Waals surface area contributed by atoms with Crippen LogP contribution in [-0.4, -0.2) is 21.7 Å². The van der Waals surface area contributed by atoms with Gasteiger partial charge in [0.05, 0.1) is 5.54 Å². The summed E-state index contributed by atoms with van der Waals surface area (Å²) in [4.78, 5) is 22.2. The van der Waals surface area contributed by atoms with E-state index >= 15 is 0 Å². The predicted octanol–water partition coefficient (Wildman–Crippen LogP) is 4.85. The number of amides is 1. The number of nitrogens with two attached hydrogens (primary N) is 1. The number of halogens is 4. The molecule has 0 fully saturated rings. The van der Waals surface area contributed by atoms with Gasteiger partial charge in [-0.2, -0.15) is 0 Å². The van der Waals surface area contributed by atoms with E-state index in [4.69, 9.17) is 17.4 Å². The minimum absolute atomic E-state index is 0. The van der Waals surface area contributed by atoms with Crippen LogP contribution in [-0.2, 0) is 0 Å². The zero-order valence-electron chi connectivity index (χ0n) is 14.6. The molecule has 0 unspecified atom stereocenters. The highest BCUT2D eigenvalue weighted by atomic mass is 35.5. The van der Waals surface area contributed by atoms with Gasteiger partial charge in [0, 0.05) is 11.1 Å². The molecule has 0 aliphatic rings. The molecule has 0 aromatic heterocycles. The fourth-order valence-electron chi connectivity index (χ4n) is 1.61. The number of nitrogens with zero attached hydrogens (tertiary/aromatic N) is 1. The molecule has 2 rings (SSSR count). The van der Waals surface area contributed by atoms with Gasteiger partial charge in [0.25, 0.3) is 11.1 Å². The Morgan fingerprint density at radius 2 is 1.38 bits per heavy atom. The minimum Gasteiger partial charge on any atom is -0.276 e. The lowest BCUT2D eigenvalue weighted by Crippen LogP contribution is -2.50. The second-order valence-electron chi connectivity index (χ2n) is 5.99. The summed E-state index contributed by atoms with van der Waals surface area (Å²) in [6.07, 6.45) is 0. The third kappa shape index (κ3) is 8.63. The first kappa shape index (κ1) is 26.6.